The first kappa shape index (κ1) is 20.4. The molecule has 1 saturated heterocycles. The van der Waals surface area contributed by atoms with E-state index in [-0.39, 0.29) is 13.2 Å². The normalized spacial score (nSPS) is 23.9. The summed E-state index contributed by atoms with van der Waals surface area (Å²) in [5.74, 6) is 0. The molecule has 1 aromatic heterocycles. The molecule has 0 unspecified atom stereocenters. The first-order valence-corrected chi connectivity index (χ1v) is 10.1. The summed E-state index contributed by atoms with van der Waals surface area (Å²) in [5, 5.41) is 0. The predicted octanol–water partition coefficient (Wildman–Crippen LogP) is -0.610. The zero-order valence-corrected chi connectivity index (χ0v) is 15.5. The van der Waals surface area contributed by atoms with E-state index in [4.69, 9.17) is 18.7 Å². The average molecular weight is 396 g/mol. The van der Waals surface area contributed by atoms with Crippen LogP contribution in [0.25, 0.3) is 0 Å². The smallest absolute Gasteiger partial charge is 0.330 e. The molecule has 0 aromatic carbocycles. The number of aromatic nitrogens is 2. The van der Waals surface area contributed by atoms with E-state index in [2.05, 4.69) is 16.8 Å². The van der Waals surface area contributed by atoms with Gasteiger partial charge in [-0.1, -0.05) is 0 Å². The molecule has 3 N–H and O–H groups in total. The number of hydrogen-bond donors (Lipinski definition) is 3. The van der Waals surface area contributed by atoms with E-state index in [0.717, 1.165) is 0 Å². The summed E-state index contributed by atoms with van der Waals surface area (Å²) in [4.78, 5) is 44.2. The van der Waals surface area contributed by atoms with Gasteiger partial charge in [0.15, 0.2) is 6.23 Å². The van der Waals surface area contributed by atoms with Crippen LogP contribution < -0.4 is 11.2 Å². The highest BCUT2D eigenvalue weighted by molar-refractivity contribution is 8.06. The quantitative estimate of drug-likeness (QED) is 0.389. The Morgan fingerprint density at radius 1 is 1.44 bits per heavy atom. The number of aromatic amines is 1. The van der Waals surface area contributed by atoms with Crippen LogP contribution in [0, 0.1) is 6.92 Å². The predicted molar refractivity (Wildman–Crippen MR) is 90.9 cm³/mol. The minimum absolute atomic E-state index is 0.151. The Bertz CT molecular complexity index is 744. The third-order valence-corrected chi connectivity index (χ3v) is 4.41. The van der Waals surface area contributed by atoms with Crippen LogP contribution in [0.1, 0.15) is 18.2 Å². The fourth-order valence-electron chi connectivity index (χ4n) is 2.46. The average Bonchev–Trinajstić information content (AvgIpc) is 2.92. The summed E-state index contributed by atoms with van der Waals surface area (Å²) < 4.78 is 22.5. The summed E-state index contributed by atoms with van der Waals surface area (Å²) >= 11 is 4.41. The second-order valence-corrected chi connectivity index (χ2v) is 8.22. The number of H-pyrrole nitrogens is 1. The van der Waals surface area contributed by atoms with Gasteiger partial charge in [-0.05, 0) is 18.7 Å². The van der Waals surface area contributed by atoms with Crippen molar-refractivity contribution in [3.63, 3.8) is 0 Å². The topological polar surface area (TPSA) is 132 Å². The van der Waals surface area contributed by atoms with Crippen LogP contribution in [0.4, 0.5) is 0 Å². The molecule has 1 aliphatic rings. The number of hydrogen-bond acceptors (Lipinski definition) is 7. The summed E-state index contributed by atoms with van der Waals surface area (Å²) in [5.41, 5.74) is -0.756. The van der Waals surface area contributed by atoms with Crippen molar-refractivity contribution >= 4 is 18.5 Å². The lowest BCUT2D eigenvalue weighted by molar-refractivity contribution is -0.0777. The largest absolute Gasteiger partial charge is 0.382 e. The Morgan fingerprint density at radius 2 is 2.16 bits per heavy atom. The van der Waals surface area contributed by atoms with Gasteiger partial charge in [0, 0.05) is 25.3 Å². The standard InChI is InChI=1S/C13H21N2O8PS/c1-8-6-15(13(17)14-11(8)16)12-10(21-4-3-20-2)5-9(23-12)7-22-24(18,19)25/h6,9-10,12H,3-5,7H2,1-2H3,(H,14,16,17)(H2,18,19,25)/t9-,10-,12+/m0/s1. The fraction of sp³-hybridized carbons (Fsp3) is 0.692. The molecule has 0 bridgehead atoms. The fourth-order valence-corrected chi connectivity index (χ4v) is 3.00. The minimum Gasteiger partial charge on any atom is -0.382 e. The van der Waals surface area contributed by atoms with Gasteiger partial charge in [-0.25, -0.2) is 4.79 Å². The second kappa shape index (κ2) is 8.65. The molecule has 25 heavy (non-hydrogen) atoms. The van der Waals surface area contributed by atoms with E-state index in [0.29, 0.717) is 18.6 Å². The van der Waals surface area contributed by atoms with Crippen LogP contribution in [0.2, 0.25) is 0 Å². The molecule has 0 radical (unpaired) electrons. The van der Waals surface area contributed by atoms with Gasteiger partial charge < -0.3 is 28.5 Å². The molecule has 142 valence electrons. The van der Waals surface area contributed by atoms with Gasteiger partial charge in [0.1, 0.15) is 6.10 Å². The van der Waals surface area contributed by atoms with E-state index in [9.17, 15) is 19.4 Å². The molecule has 3 atom stereocenters. The molecular weight excluding hydrogens is 375 g/mol. The molecule has 0 amide bonds. The molecule has 0 spiro atoms. The molecule has 12 heteroatoms. The molecule has 0 aliphatic carbocycles. The van der Waals surface area contributed by atoms with Crippen molar-refractivity contribution in [1.29, 1.82) is 0 Å². The summed E-state index contributed by atoms with van der Waals surface area (Å²) in [7, 11) is 1.54. The van der Waals surface area contributed by atoms with E-state index >= 15 is 0 Å². The molecule has 0 saturated carbocycles. The summed E-state index contributed by atoms with van der Waals surface area (Å²) in [6.45, 7) is -1.75. The van der Waals surface area contributed by atoms with Gasteiger partial charge in [-0.2, -0.15) is 0 Å². The van der Waals surface area contributed by atoms with E-state index < -0.39 is 36.4 Å². The van der Waals surface area contributed by atoms with Crippen LogP contribution in [-0.2, 0) is 30.5 Å². The van der Waals surface area contributed by atoms with Crippen LogP contribution in [-0.4, -0.2) is 58.5 Å². The third kappa shape index (κ3) is 5.80. The van der Waals surface area contributed by atoms with Crippen LogP contribution in [0.15, 0.2) is 15.8 Å². The molecular formula is C13H21N2O8PS. The van der Waals surface area contributed by atoms with Crippen molar-refractivity contribution in [2.24, 2.45) is 0 Å². The van der Waals surface area contributed by atoms with Crippen LogP contribution in [0.5, 0.6) is 0 Å². The van der Waals surface area contributed by atoms with Crippen molar-refractivity contribution in [3.8, 4) is 0 Å². The molecule has 1 aromatic rings. The Labute approximate surface area is 148 Å². The summed E-state index contributed by atoms with van der Waals surface area (Å²) in [6, 6.07) is 0. The lowest BCUT2D eigenvalue weighted by Crippen LogP contribution is -2.37. The van der Waals surface area contributed by atoms with E-state index in [1.165, 1.54) is 17.9 Å². The maximum absolute atomic E-state index is 12.1. The number of nitrogens with zero attached hydrogens (tertiary/aromatic N) is 1. The van der Waals surface area contributed by atoms with Crippen molar-refractivity contribution in [1.82, 2.24) is 9.55 Å². The number of rotatable bonds is 8. The van der Waals surface area contributed by atoms with Gasteiger partial charge in [0.05, 0.1) is 25.9 Å². The number of nitrogens with one attached hydrogen (secondary N) is 1. The Hall–Kier alpha value is -0.910. The van der Waals surface area contributed by atoms with Gasteiger partial charge in [0.2, 0.25) is 0 Å². The molecule has 2 rings (SSSR count). The van der Waals surface area contributed by atoms with E-state index in [1.807, 2.05) is 0 Å². The monoisotopic (exact) mass is 396 g/mol. The SMILES string of the molecule is COCCO[C@H]1C[C@@H](COP(O)(O)=S)O[C@H]1n1cc(C)c(=O)[nH]c1=O. The van der Waals surface area contributed by atoms with Crippen molar-refractivity contribution in [2.75, 3.05) is 26.9 Å². The summed E-state index contributed by atoms with van der Waals surface area (Å²) in [6.07, 6.45) is -0.137. The number of methoxy groups -OCH3 is 1. The third-order valence-electron chi connectivity index (χ3n) is 3.61. The van der Waals surface area contributed by atoms with Crippen LogP contribution >= 0.6 is 6.72 Å². The minimum atomic E-state index is -3.80. The van der Waals surface area contributed by atoms with Gasteiger partial charge >= 0.3 is 12.4 Å². The van der Waals surface area contributed by atoms with Crippen LogP contribution in [0.3, 0.4) is 0 Å². The first-order valence-electron chi connectivity index (χ1n) is 7.49. The van der Waals surface area contributed by atoms with Gasteiger partial charge in [-0.3, -0.25) is 14.3 Å². The first-order chi connectivity index (χ1) is 11.7. The highest BCUT2D eigenvalue weighted by Crippen LogP contribution is 2.39. The molecule has 10 nitrogen and oxygen atoms in total. The molecule has 1 fully saturated rings. The molecule has 1 aliphatic heterocycles. The molecule has 2 heterocycles. The second-order valence-electron chi connectivity index (χ2n) is 5.55. The number of aryl methyl sites for hydroxylation is 1. The van der Waals surface area contributed by atoms with E-state index in [1.54, 1.807) is 6.92 Å². The highest BCUT2D eigenvalue weighted by Gasteiger charge is 2.38. The zero-order chi connectivity index (χ0) is 18.6. The maximum Gasteiger partial charge on any atom is 0.330 e. The highest BCUT2D eigenvalue weighted by atomic mass is 32.5. The Kier molecular flexibility index (Phi) is 7.06. The maximum atomic E-state index is 12.1. The van der Waals surface area contributed by atoms with Crippen molar-refractivity contribution < 1.29 is 28.5 Å². The zero-order valence-electron chi connectivity index (χ0n) is 13.8. The van der Waals surface area contributed by atoms with Crippen molar-refractivity contribution in [2.45, 2.75) is 31.8 Å². The van der Waals surface area contributed by atoms with Gasteiger partial charge in [-0.15, -0.1) is 0 Å². The Morgan fingerprint density at radius 3 is 2.80 bits per heavy atom. The van der Waals surface area contributed by atoms with Crippen molar-refractivity contribution in [3.05, 3.63) is 32.6 Å². The number of ether oxygens (including phenoxy) is 3. The Balaban J connectivity index is 2.19. The lowest BCUT2D eigenvalue weighted by Gasteiger charge is -2.21. The van der Waals surface area contributed by atoms with Gasteiger partial charge in [0.25, 0.3) is 5.56 Å². The lowest BCUT2D eigenvalue weighted by atomic mass is 10.2.